The summed E-state index contributed by atoms with van der Waals surface area (Å²) < 4.78 is 10.6. The first-order chi connectivity index (χ1) is 13.6. The van der Waals surface area contributed by atoms with Crippen LogP contribution in [-0.4, -0.2) is 50.6 Å². The molecule has 1 fully saturated rings. The van der Waals surface area contributed by atoms with Gasteiger partial charge in [-0.05, 0) is 54.5 Å². The lowest BCUT2D eigenvalue weighted by atomic mass is 9.95. The Balaban J connectivity index is 1.46. The van der Waals surface area contributed by atoms with E-state index in [4.69, 9.17) is 9.47 Å². The van der Waals surface area contributed by atoms with Gasteiger partial charge >= 0.3 is 0 Å². The highest BCUT2D eigenvalue weighted by atomic mass is 32.1. The van der Waals surface area contributed by atoms with Crippen LogP contribution in [0.4, 0.5) is 0 Å². The molecule has 6 nitrogen and oxygen atoms in total. The molecule has 1 aliphatic rings. The molecule has 1 aromatic heterocycles. The molecule has 0 saturated carbocycles. The zero-order chi connectivity index (χ0) is 19.9. The second-order valence-corrected chi connectivity index (χ2v) is 7.71. The molecule has 3 rings (SSSR count). The Morgan fingerprint density at radius 3 is 2.61 bits per heavy atom. The number of piperidine rings is 1. The van der Waals surface area contributed by atoms with Gasteiger partial charge in [-0.15, -0.1) is 11.3 Å². The van der Waals surface area contributed by atoms with Crippen LogP contribution in [0.1, 0.15) is 28.1 Å². The Labute approximate surface area is 169 Å². The molecule has 0 bridgehead atoms. The molecule has 1 aliphatic heterocycles. The van der Waals surface area contributed by atoms with Crippen molar-refractivity contribution in [2.24, 2.45) is 5.92 Å². The van der Waals surface area contributed by atoms with Crippen molar-refractivity contribution in [2.75, 3.05) is 33.9 Å². The van der Waals surface area contributed by atoms with Crippen molar-refractivity contribution < 1.29 is 19.1 Å². The van der Waals surface area contributed by atoms with Gasteiger partial charge in [0.15, 0.2) is 0 Å². The number of rotatable bonds is 7. The van der Waals surface area contributed by atoms with Crippen LogP contribution in [0.25, 0.3) is 0 Å². The van der Waals surface area contributed by atoms with Crippen molar-refractivity contribution in [1.29, 1.82) is 0 Å². The summed E-state index contributed by atoms with van der Waals surface area (Å²) in [5, 5.41) is 4.93. The van der Waals surface area contributed by atoms with Gasteiger partial charge in [-0.2, -0.15) is 0 Å². The molecule has 0 atom stereocenters. The Morgan fingerprint density at radius 2 is 1.96 bits per heavy atom. The normalized spacial score (nSPS) is 14.6. The third-order valence-corrected chi connectivity index (χ3v) is 5.92. The van der Waals surface area contributed by atoms with Crippen molar-refractivity contribution >= 4 is 23.2 Å². The highest BCUT2D eigenvalue weighted by molar-refractivity contribution is 7.12. The van der Waals surface area contributed by atoms with Crippen LogP contribution >= 0.6 is 11.3 Å². The van der Waals surface area contributed by atoms with Crippen molar-refractivity contribution in [2.45, 2.75) is 19.3 Å². The molecule has 28 heavy (non-hydrogen) atoms. The molecule has 1 N–H and O–H groups in total. The van der Waals surface area contributed by atoms with E-state index in [-0.39, 0.29) is 17.7 Å². The number of thiophene rings is 1. The first kappa shape index (κ1) is 20.2. The fourth-order valence-corrected chi connectivity index (χ4v) is 4.13. The Kier molecular flexibility index (Phi) is 6.92. The lowest BCUT2D eigenvalue weighted by Gasteiger charge is -2.31. The first-order valence-corrected chi connectivity index (χ1v) is 10.3. The van der Waals surface area contributed by atoms with Crippen molar-refractivity contribution in [3.63, 3.8) is 0 Å². The minimum absolute atomic E-state index is 0.0420. The minimum Gasteiger partial charge on any atom is -0.497 e. The number of ether oxygens (including phenoxy) is 2. The summed E-state index contributed by atoms with van der Waals surface area (Å²) in [4.78, 5) is 27.5. The van der Waals surface area contributed by atoms with E-state index in [9.17, 15) is 9.59 Å². The fraction of sp³-hybridized carbons (Fsp3) is 0.429. The summed E-state index contributed by atoms with van der Waals surface area (Å²) in [7, 11) is 3.26. The van der Waals surface area contributed by atoms with E-state index in [1.165, 1.54) is 11.3 Å². The molecule has 1 aromatic carbocycles. The lowest BCUT2D eigenvalue weighted by molar-refractivity contribution is -0.126. The van der Waals surface area contributed by atoms with Crippen molar-refractivity contribution in [1.82, 2.24) is 10.2 Å². The maximum Gasteiger partial charge on any atom is 0.263 e. The average molecular weight is 403 g/mol. The lowest BCUT2D eigenvalue weighted by Crippen LogP contribution is -2.43. The molecule has 2 heterocycles. The van der Waals surface area contributed by atoms with Crippen LogP contribution in [0.15, 0.2) is 35.7 Å². The quantitative estimate of drug-likeness (QED) is 0.773. The highest BCUT2D eigenvalue weighted by Crippen LogP contribution is 2.24. The van der Waals surface area contributed by atoms with Gasteiger partial charge in [0, 0.05) is 25.6 Å². The van der Waals surface area contributed by atoms with Gasteiger partial charge in [-0.1, -0.05) is 6.07 Å². The molecular weight excluding hydrogens is 376 g/mol. The van der Waals surface area contributed by atoms with Gasteiger partial charge in [0.2, 0.25) is 5.91 Å². The number of carbonyl (C=O) groups is 2. The summed E-state index contributed by atoms with van der Waals surface area (Å²) in [6.07, 6.45) is 2.07. The maximum atomic E-state index is 12.5. The van der Waals surface area contributed by atoms with E-state index in [1.807, 2.05) is 40.6 Å². The maximum absolute atomic E-state index is 12.5. The standard InChI is InChI=1S/C21H26N2O4S/c1-26-17-5-6-18(27-2)16(14-17)7-10-22-20(24)15-8-11-23(12-9-15)21(25)19-4-3-13-28-19/h3-6,13-15H,7-12H2,1-2H3,(H,22,24). The zero-order valence-electron chi connectivity index (χ0n) is 16.3. The largest absolute Gasteiger partial charge is 0.497 e. The van der Waals surface area contributed by atoms with Crippen LogP contribution in [0.2, 0.25) is 0 Å². The second kappa shape index (κ2) is 9.59. The highest BCUT2D eigenvalue weighted by Gasteiger charge is 2.28. The molecule has 1 saturated heterocycles. The molecule has 150 valence electrons. The number of hydrogen-bond donors (Lipinski definition) is 1. The third kappa shape index (κ3) is 4.84. The molecule has 2 amide bonds. The topological polar surface area (TPSA) is 67.9 Å². The predicted molar refractivity (Wildman–Crippen MR) is 109 cm³/mol. The van der Waals surface area contributed by atoms with Crippen molar-refractivity contribution in [3.8, 4) is 11.5 Å². The molecule has 0 aliphatic carbocycles. The van der Waals surface area contributed by atoms with Gasteiger partial charge in [-0.25, -0.2) is 0 Å². The summed E-state index contributed by atoms with van der Waals surface area (Å²) in [5.74, 6) is 1.64. The second-order valence-electron chi connectivity index (χ2n) is 6.76. The summed E-state index contributed by atoms with van der Waals surface area (Å²) in [6.45, 7) is 1.79. The number of amides is 2. The van der Waals surface area contributed by atoms with Gasteiger partial charge < -0.3 is 19.7 Å². The van der Waals surface area contributed by atoms with E-state index >= 15 is 0 Å². The summed E-state index contributed by atoms with van der Waals surface area (Å²) in [6, 6.07) is 9.39. The van der Waals surface area contributed by atoms with Gasteiger partial charge in [0.1, 0.15) is 11.5 Å². The average Bonchev–Trinajstić information content (AvgIpc) is 3.28. The van der Waals surface area contributed by atoms with E-state index in [1.54, 1.807) is 14.2 Å². The number of carbonyl (C=O) groups excluding carboxylic acids is 2. The zero-order valence-corrected chi connectivity index (χ0v) is 17.1. The first-order valence-electron chi connectivity index (χ1n) is 9.43. The third-order valence-electron chi connectivity index (χ3n) is 5.07. The number of benzene rings is 1. The van der Waals surface area contributed by atoms with Gasteiger partial charge in [0.25, 0.3) is 5.91 Å². The summed E-state index contributed by atoms with van der Waals surface area (Å²) in [5.41, 5.74) is 0.999. The van der Waals surface area contributed by atoms with Crippen LogP contribution < -0.4 is 14.8 Å². The molecular formula is C21H26N2O4S. The van der Waals surface area contributed by atoms with Crippen LogP contribution in [0, 0.1) is 5.92 Å². The Bertz CT molecular complexity index is 799. The van der Waals surface area contributed by atoms with E-state index in [2.05, 4.69) is 5.32 Å². The predicted octanol–water partition coefficient (Wildman–Crippen LogP) is 2.98. The molecule has 2 aromatic rings. The fourth-order valence-electron chi connectivity index (χ4n) is 3.44. The number of hydrogen-bond acceptors (Lipinski definition) is 5. The monoisotopic (exact) mass is 402 g/mol. The Morgan fingerprint density at radius 1 is 1.18 bits per heavy atom. The number of methoxy groups -OCH3 is 2. The van der Waals surface area contributed by atoms with Crippen LogP contribution in [-0.2, 0) is 11.2 Å². The molecule has 0 radical (unpaired) electrons. The number of likely N-dealkylation sites (tertiary alicyclic amines) is 1. The van der Waals surface area contributed by atoms with Gasteiger partial charge in [0.05, 0.1) is 19.1 Å². The van der Waals surface area contributed by atoms with Crippen LogP contribution in [0.5, 0.6) is 11.5 Å². The van der Waals surface area contributed by atoms with Gasteiger partial charge in [-0.3, -0.25) is 9.59 Å². The SMILES string of the molecule is COc1ccc(OC)c(CCNC(=O)C2CCN(C(=O)c3cccs3)CC2)c1. The molecule has 7 heteroatoms. The van der Waals surface area contributed by atoms with E-state index < -0.39 is 0 Å². The summed E-state index contributed by atoms with van der Waals surface area (Å²) >= 11 is 1.46. The van der Waals surface area contributed by atoms with E-state index in [0.717, 1.165) is 21.9 Å². The molecule has 0 spiro atoms. The smallest absolute Gasteiger partial charge is 0.263 e. The van der Waals surface area contributed by atoms with E-state index in [0.29, 0.717) is 38.9 Å². The van der Waals surface area contributed by atoms with Crippen molar-refractivity contribution in [3.05, 3.63) is 46.2 Å². The minimum atomic E-state index is -0.0420. The Hall–Kier alpha value is -2.54. The number of nitrogens with one attached hydrogen (secondary N) is 1. The number of nitrogens with zero attached hydrogens (tertiary/aromatic N) is 1. The molecule has 0 unspecified atom stereocenters. The van der Waals surface area contributed by atoms with Crippen LogP contribution in [0.3, 0.4) is 0 Å².